The normalized spacial score (nSPS) is 12.6. The molecular weight excluding hydrogens is 255 g/mol. The molecule has 1 aromatic heterocycles. The highest BCUT2D eigenvalue weighted by molar-refractivity contribution is 5.22. The van der Waals surface area contributed by atoms with Crippen molar-refractivity contribution in [3.8, 4) is 0 Å². The van der Waals surface area contributed by atoms with E-state index >= 15 is 0 Å². The third-order valence-electron chi connectivity index (χ3n) is 3.25. The summed E-state index contributed by atoms with van der Waals surface area (Å²) < 4.78 is 15.9. The number of benzene rings is 1. The van der Waals surface area contributed by atoms with Gasteiger partial charge in [0.05, 0.1) is 0 Å². The van der Waals surface area contributed by atoms with E-state index in [1.807, 2.05) is 23.7 Å². The van der Waals surface area contributed by atoms with Gasteiger partial charge in [-0.05, 0) is 19.0 Å². The summed E-state index contributed by atoms with van der Waals surface area (Å²) in [5.41, 5.74) is 0.681. The highest BCUT2D eigenvalue weighted by Crippen LogP contribution is 2.20. The molecule has 0 spiro atoms. The molecule has 1 N–H and O–H groups in total. The molecule has 0 amide bonds. The minimum absolute atomic E-state index is 0.0824. The second-order valence-electron chi connectivity index (χ2n) is 4.74. The molecule has 0 saturated heterocycles. The summed E-state index contributed by atoms with van der Waals surface area (Å²) in [6.45, 7) is 5.74. The van der Waals surface area contributed by atoms with Crippen LogP contribution in [-0.4, -0.2) is 21.3 Å². The highest BCUT2D eigenvalue weighted by atomic mass is 19.1. The maximum Gasteiger partial charge on any atom is 0.138 e. The Kier molecular flexibility index (Phi) is 5.24. The van der Waals surface area contributed by atoms with Crippen molar-refractivity contribution < 1.29 is 4.39 Å². The fraction of sp³-hybridized carbons (Fsp3) is 0.467. The van der Waals surface area contributed by atoms with E-state index in [2.05, 4.69) is 22.3 Å². The van der Waals surface area contributed by atoms with Crippen LogP contribution in [0.15, 0.2) is 30.6 Å². The van der Waals surface area contributed by atoms with E-state index in [4.69, 9.17) is 0 Å². The molecule has 2 rings (SSSR count). The van der Waals surface area contributed by atoms with Crippen LogP contribution in [0.1, 0.15) is 37.7 Å². The Hall–Kier alpha value is -1.75. The van der Waals surface area contributed by atoms with Gasteiger partial charge in [0.25, 0.3) is 0 Å². The molecule has 1 unspecified atom stereocenters. The lowest BCUT2D eigenvalue weighted by Gasteiger charge is -2.18. The molecule has 0 aliphatic carbocycles. The van der Waals surface area contributed by atoms with E-state index in [0.717, 1.165) is 25.3 Å². The second-order valence-corrected chi connectivity index (χ2v) is 4.74. The van der Waals surface area contributed by atoms with Gasteiger partial charge < -0.3 is 5.32 Å². The molecule has 2 aromatic rings. The number of rotatable bonds is 7. The van der Waals surface area contributed by atoms with E-state index in [9.17, 15) is 4.39 Å². The summed E-state index contributed by atoms with van der Waals surface area (Å²) in [6, 6.07) is 6.81. The highest BCUT2D eigenvalue weighted by Gasteiger charge is 2.17. The summed E-state index contributed by atoms with van der Waals surface area (Å²) in [5.74, 6) is 0.709. The number of likely N-dealkylation sites (N-methyl/N-ethyl adjacent to an activating group) is 1. The van der Waals surface area contributed by atoms with Gasteiger partial charge in [-0.3, -0.25) is 4.68 Å². The summed E-state index contributed by atoms with van der Waals surface area (Å²) in [7, 11) is 0. The zero-order valence-electron chi connectivity index (χ0n) is 12.0. The Morgan fingerprint density at radius 3 is 2.80 bits per heavy atom. The Morgan fingerprint density at radius 2 is 2.10 bits per heavy atom. The molecule has 0 aliphatic heterocycles. The molecule has 4 nitrogen and oxygen atoms in total. The molecule has 0 fully saturated rings. The maximum absolute atomic E-state index is 14.0. The van der Waals surface area contributed by atoms with Crippen LogP contribution in [0.5, 0.6) is 0 Å². The molecule has 5 heteroatoms. The largest absolute Gasteiger partial charge is 0.310 e. The molecule has 0 aliphatic rings. The van der Waals surface area contributed by atoms with Crippen LogP contribution in [0.4, 0.5) is 4.39 Å². The van der Waals surface area contributed by atoms with Crippen molar-refractivity contribution in [2.45, 2.75) is 39.3 Å². The Labute approximate surface area is 119 Å². The number of hydrogen-bond donors (Lipinski definition) is 1. The van der Waals surface area contributed by atoms with Crippen LogP contribution >= 0.6 is 0 Å². The van der Waals surface area contributed by atoms with E-state index in [1.165, 1.54) is 6.07 Å². The maximum atomic E-state index is 14.0. The van der Waals surface area contributed by atoms with Gasteiger partial charge >= 0.3 is 0 Å². The summed E-state index contributed by atoms with van der Waals surface area (Å²) in [4.78, 5) is 4.30. The molecule has 108 valence electrons. The molecule has 0 saturated carbocycles. The standard InChI is InChI=1S/C15H21FN4/c1-3-9-20-15(18-11-19-20)10-14(17-4-2)12-7-5-6-8-13(12)16/h5-8,11,14,17H,3-4,9-10H2,1-2H3. The fourth-order valence-electron chi connectivity index (χ4n) is 2.32. The lowest BCUT2D eigenvalue weighted by molar-refractivity contribution is 0.478. The summed E-state index contributed by atoms with van der Waals surface area (Å²) >= 11 is 0. The number of nitrogens with zero attached hydrogens (tertiary/aromatic N) is 3. The van der Waals surface area contributed by atoms with Crippen molar-refractivity contribution in [3.63, 3.8) is 0 Å². The fourth-order valence-corrected chi connectivity index (χ4v) is 2.32. The molecule has 1 atom stereocenters. The minimum atomic E-state index is -0.181. The van der Waals surface area contributed by atoms with Crippen LogP contribution in [-0.2, 0) is 13.0 Å². The zero-order valence-corrected chi connectivity index (χ0v) is 12.0. The van der Waals surface area contributed by atoms with Crippen LogP contribution in [0.3, 0.4) is 0 Å². The van der Waals surface area contributed by atoms with Crippen LogP contribution in [0.25, 0.3) is 0 Å². The lowest BCUT2D eigenvalue weighted by atomic mass is 10.0. The molecule has 0 bridgehead atoms. The predicted octanol–water partition coefficient (Wildman–Crippen LogP) is 2.72. The topological polar surface area (TPSA) is 42.7 Å². The molecular formula is C15H21FN4. The average Bonchev–Trinajstić information content (AvgIpc) is 2.87. The molecule has 1 aromatic carbocycles. The Morgan fingerprint density at radius 1 is 1.30 bits per heavy atom. The number of nitrogens with one attached hydrogen (secondary N) is 1. The number of hydrogen-bond acceptors (Lipinski definition) is 3. The monoisotopic (exact) mass is 276 g/mol. The van der Waals surface area contributed by atoms with Gasteiger partial charge in [-0.15, -0.1) is 0 Å². The van der Waals surface area contributed by atoms with Gasteiger partial charge in [0.2, 0.25) is 0 Å². The average molecular weight is 276 g/mol. The van der Waals surface area contributed by atoms with Crippen molar-refractivity contribution in [1.82, 2.24) is 20.1 Å². The molecule has 1 heterocycles. The van der Waals surface area contributed by atoms with Crippen molar-refractivity contribution in [2.24, 2.45) is 0 Å². The first kappa shape index (κ1) is 14.7. The Balaban J connectivity index is 2.21. The number of aromatic nitrogens is 3. The van der Waals surface area contributed by atoms with E-state index in [-0.39, 0.29) is 11.9 Å². The minimum Gasteiger partial charge on any atom is -0.310 e. The first-order chi connectivity index (χ1) is 9.76. The van der Waals surface area contributed by atoms with Crippen molar-refractivity contribution >= 4 is 0 Å². The number of halogens is 1. The van der Waals surface area contributed by atoms with Gasteiger partial charge in [0.15, 0.2) is 0 Å². The second kappa shape index (κ2) is 7.14. The summed E-state index contributed by atoms with van der Waals surface area (Å²) in [6.07, 6.45) is 3.20. The van der Waals surface area contributed by atoms with E-state index in [1.54, 1.807) is 12.4 Å². The van der Waals surface area contributed by atoms with E-state index in [0.29, 0.717) is 12.0 Å². The van der Waals surface area contributed by atoms with Crippen molar-refractivity contribution in [3.05, 3.63) is 47.8 Å². The Bertz CT molecular complexity index is 538. The van der Waals surface area contributed by atoms with Crippen molar-refractivity contribution in [1.29, 1.82) is 0 Å². The quantitative estimate of drug-likeness (QED) is 0.845. The van der Waals surface area contributed by atoms with Gasteiger partial charge in [0.1, 0.15) is 18.0 Å². The first-order valence-electron chi connectivity index (χ1n) is 7.10. The van der Waals surface area contributed by atoms with Gasteiger partial charge in [-0.2, -0.15) is 5.10 Å². The lowest BCUT2D eigenvalue weighted by Crippen LogP contribution is -2.25. The van der Waals surface area contributed by atoms with Crippen molar-refractivity contribution in [2.75, 3.05) is 6.54 Å². The summed E-state index contributed by atoms with van der Waals surface area (Å²) in [5, 5.41) is 7.55. The number of aryl methyl sites for hydroxylation is 1. The van der Waals surface area contributed by atoms with Crippen LogP contribution < -0.4 is 5.32 Å². The molecule has 20 heavy (non-hydrogen) atoms. The molecule has 0 radical (unpaired) electrons. The van der Waals surface area contributed by atoms with Gasteiger partial charge in [0, 0.05) is 24.6 Å². The third-order valence-corrected chi connectivity index (χ3v) is 3.25. The van der Waals surface area contributed by atoms with Gasteiger partial charge in [-0.1, -0.05) is 32.0 Å². The SMILES string of the molecule is CCCn1ncnc1CC(NCC)c1ccccc1F. The smallest absolute Gasteiger partial charge is 0.138 e. The van der Waals surface area contributed by atoms with Gasteiger partial charge in [-0.25, -0.2) is 9.37 Å². The zero-order chi connectivity index (χ0) is 14.4. The first-order valence-corrected chi connectivity index (χ1v) is 7.10. The van der Waals surface area contributed by atoms with Crippen LogP contribution in [0.2, 0.25) is 0 Å². The third kappa shape index (κ3) is 3.42. The van der Waals surface area contributed by atoms with E-state index < -0.39 is 0 Å². The predicted molar refractivity (Wildman–Crippen MR) is 76.8 cm³/mol. The van der Waals surface area contributed by atoms with Crippen LogP contribution in [0, 0.1) is 5.82 Å².